The number of ether oxygens (including phenoxy) is 2. The Morgan fingerprint density at radius 1 is 1.53 bits per heavy atom. The van der Waals surface area contributed by atoms with Crippen LogP contribution < -0.4 is 5.73 Å². The Hall–Kier alpha value is -1.56. The van der Waals surface area contributed by atoms with Crippen LogP contribution in [-0.2, 0) is 16.0 Å². The van der Waals surface area contributed by atoms with Gasteiger partial charge in [-0.05, 0) is 32.6 Å². The highest BCUT2D eigenvalue weighted by molar-refractivity contribution is 5.92. The third-order valence-corrected chi connectivity index (χ3v) is 3.18. The van der Waals surface area contributed by atoms with E-state index in [0.29, 0.717) is 31.4 Å². The van der Waals surface area contributed by atoms with E-state index in [2.05, 4.69) is 4.98 Å². The molecule has 6 heteroatoms. The molecule has 1 aliphatic rings. The summed E-state index contributed by atoms with van der Waals surface area (Å²) in [5.41, 5.74) is 6.13. The van der Waals surface area contributed by atoms with Crippen LogP contribution >= 0.6 is 0 Å². The Morgan fingerprint density at radius 2 is 2.26 bits per heavy atom. The Balaban J connectivity index is 1.93. The number of hydrogen-bond donors (Lipinski definition) is 1. The topological polar surface area (TPSA) is 79.4 Å². The number of imidazole rings is 1. The Morgan fingerprint density at radius 3 is 2.89 bits per heavy atom. The van der Waals surface area contributed by atoms with Crippen LogP contribution in [0.15, 0.2) is 0 Å². The van der Waals surface area contributed by atoms with Gasteiger partial charge in [0, 0.05) is 13.2 Å². The molecule has 0 aromatic carbocycles. The molecule has 0 atom stereocenters. The molecular formula is C13H21N3O3. The minimum absolute atomic E-state index is 0.196. The third kappa shape index (κ3) is 3.47. The lowest BCUT2D eigenvalue weighted by Crippen LogP contribution is -2.13. The van der Waals surface area contributed by atoms with Gasteiger partial charge in [-0.25, -0.2) is 9.78 Å². The quantitative estimate of drug-likeness (QED) is 0.596. The molecule has 1 heterocycles. The van der Waals surface area contributed by atoms with Gasteiger partial charge < -0.3 is 19.8 Å². The van der Waals surface area contributed by atoms with E-state index >= 15 is 0 Å². The van der Waals surface area contributed by atoms with E-state index in [-0.39, 0.29) is 5.69 Å². The average molecular weight is 267 g/mol. The molecule has 1 fully saturated rings. The molecule has 2 rings (SSSR count). The van der Waals surface area contributed by atoms with E-state index in [9.17, 15) is 4.79 Å². The average Bonchev–Trinajstić information content (AvgIpc) is 3.14. The summed E-state index contributed by atoms with van der Waals surface area (Å²) in [5.74, 6) is 1.33. The van der Waals surface area contributed by atoms with Crippen LogP contribution in [0.5, 0.6) is 0 Å². The van der Waals surface area contributed by atoms with Crippen molar-refractivity contribution in [1.82, 2.24) is 9.55 Å². The fourth-order valence-electron chi connectivity index (χ4n) is 1.90. The maximum absolute atomic E-state index is 11.6. The Labute approximate surface area is 112 Å². The first-order valence-electron chi connectivity index (χ1n) is 6.71. The molecule has 0 unspecified atom stereocenters. The first-order chi connectivity index (χ1) is 9.13. The summed E-state index contributed by atoms with van der Waals surface area (Å²) in [6.07, 6.45) is 2.55. The highest BCUT2D eigenvalue weighted by Crippen LogP contribution is 2.28. The molecule has 0 saturated heterocycles. The van der Waals surface area contributed by atoms with Crippen LogP contribution in [0.4, 0.5) is 5.82 Å². The summed E-state index contributed by atoms with van der Waals surface area (Å²) >= 11 is 0. The van der Waals surface area contributed by atoms with Crippen molar-refractivity contribution in [2.45, 2.75) is 33.2 Å². The molecule has 0 aliphatic heterocycles. The second-order valence-electron chi connectivity index (χ2n) is 4.78. The van der Waals surface area contributed by atoms with Gasteiger partial charge in [0.25, 0.3) is 0 Å². The molecule has 1 aromatic heterocycles. The zero-order chi connectivity index (χ0) is 13.8. The molecule has 0 amide bonds. The van der Waals surface area contributed by atoms with Crippen molar-refractivity contribution in [3.63, 3.8) is 0 Å². The van der Waals surface area contributed by atoms with Crippen LogP contribution in [0, 0.1) is 12.8 Å². The number of nitrogens with zero attached hydrogens (tertiary/aromatic N) is 2. The monoisotopic (exact) mass is 267 g/mol. The largest absolute Gasteiger partial charge is 0.461 e. The predicted octanol–water partition coefficient (Wildman–Crippen LogP) is 1.38. The molecule has 19 heavy (non-hydrogen) atoms. The number of nitrogen functional groups attached to an aromatic ring is 1. The van der Waals surface area contributed by atoms with Crippen molar-refractivity contribution >= 4 is 11.8 Å². The second-order valence-corrected chi connectivity index (χ2v) is 4.78. The number of hydrogen-bond acceptors (Lipinski definition) is 5. The van der Waals surface area contributed by atoms with Crippen LogP contribution in [0.2, 0.25) is 0 Å². The van der Waals surface area contributed by atoms with Crippen molar-refractivity contribution in [3.8, 4) is 0 Å². The molecule has 0 spiro atoms. The zero-order valence-corrected chi connectivity index (χ0v) is 11.5. The number of carbonyl (C=O) groups excluding carboxylic acids is 1. The van der Waals surface area contributed by atoms with E-state index in [1.165, 1.54) is 12.8 Å². The van der Waals surface area contributed by atoms with Gasteiger partial charge in [0.05, 0.1) is 13.2 Å². The highest BCUT2D eigenvalue weighted by Gasteiger charge is 2.22. The summed E-state index contributed by atoms with van der Waals surface area (Å²) in [5, 5.41) is 0. The van der Waals surface area contributed by atoms with Crippen molar-refractivity contribution in [2.24, 2.45) is 5.92 Å². The standard InChI is InChI=1S/C13H21N3O3/c1-3-19-13(17)11-12(14)16(9(2)15-11)6-7-18-8-10-4-5-10/h10H,3-8,14H2,1-2H3. The number of rotatable bonds is 7. The highest BCUT2D eigenvalue weighted by atomic mass is 16.5. The van der Waals surface area contributed by atoms with Gasteiger partial charge in [0.1, 0.15) is 11.6 Å². The number of carbonyl (C=O) groups is 1. The summed E-state index contributed by atoms with van der Waals surface area (Å²) < 4.78 is 12.3. The van der Waals surface area contributed by atoms with Crippen molar-refractivity contribution in [1.29, 1.82) is 0 Å². The summed E-state index contributed by atoms with van der Waals surface area (Å²) in [6, 6.07) is 0. The first kappa shape index (κ1) is 13.9. The van der Waals surface area contributed by atoms with Crippen molar-refractivity contribution < 1.29 is 14.3 Å². The number of anilines is 1. The smallest absolute Gasteiger partial charge is 0.360 e. The fourth-order valence-corrected chi connectivity index (χ4v) is 1.90. The third-order valence-electron chi connectivity index (χ3n) is 3.18. The van der Waals surface area contributed by atoms with E-state index in [1.54, 1.807) is 11.5 Å². The first-order valence-corrected chi connectivity index (χ1v) is 6.71. The van der Waals surface area contributed by atoms with Crippen LogP contribution in [0.3, 0.4) is 0 Å². The molecular weight excluding hydrogens is 246 g/mol. The molecule has 6 nitrogen and oxygen atoms in total. The van der Waals surface area contributed by atoms with Crippen molar-refractivity contribution in [3.05, 3.63) is 11.5 Å². The Bertz CT molecular complexity index is 452. The maximum Gasteiger partial charge on any atom is 0.360 e. The summed E-state index contributed by atoms with van der Waals surface area (Å²) in [4.78, 5) is 15.8. The second kappa shape index (κ2) is 6.06. The van der Waals surface area contributed by atoms with Gasteiger partial charge in [0.2, 0.25) is 0 Å². The van der Waals surface area contributed by atoms with Crippen LogP contribution in [0.1, 0.15) is 36.1 Å². The molecule has 1 aromatic rings. The maximum atomic E-state index is 11.6. The number of aryl methyl sites for hydroxylation is 1. The van der Waals surface area contributed by atoms with Gasteiger partial charge in [-0.15, -0.1) is 0 Å². The molecule has 0 radical (unpaired) electrons. The van der Waals surface area contributed by atoms with Gasteiger partial charge in [-0.1, -0.05) is 0 Å². The predicted molar refractivity (Wildman–Crippen MR) is 70.9 cm³/mol. The minimum Gasteiger partial charge on any atom is -0.461 e. The molecule has 0 bridgehead atoms. The van der Waals surface area contributed by atoms with E-state index in [4.69, 9.17) is 15.2 Å². The minimum atomic E-state index is -0.472. The van der Waals surface area contributed by atoms with Crippen LogP contribution in [-0.4, -0.2) is 35.3 Å². The van der Waals surface area contributed by atoms with E-state index < -0.39 is 5.97 Å². The SMILES string of the molecule is CCOC(=O)c1nc(C)n(CCOCC2CC2)c1N. The van der Waals surface area contributed by atoms with Gasteiger partial charge >= 0.3 is 5.97 Å². The lowest BCUT2D eigenvalue weighted by Gasteiger charge is -2.08. The molecule has 1 saturated carbocycles. The number of aromatic nitrogens is 2. The molecule has 2 N–H and O–H groups in total. The molecule has 106 valence electrons. The van der Waals surface area contributed by atoms with Gasteiger partial charge in [-0.3, -0.25) is 0 Å². The van der Waals surface area contributed by atoms with E-state index in [0.717, 1.165) is 12.5 Å². The van der Waals surface area contributed by atoms with Crippen LogP contribution in [0.25, 0.3) is 0 Å². The summed E-state index contributed by atoms with van der Waals surface area (Å²) in [6.45, 7) is 5.90. The number of esters is 1. The number of nitrogens with two attached hydrogens (primary N) is 1. The normalized spacial score (nSPS) is 14.6. The summed E-state index contributed by atoms with van der Waals surface area (Å²) in [7, 11) is 0. The van der Waals surface area contributed by atoms with Crippen molar-refractivity contribution in [2.75, 3.05) is 25.6 Å². The molecule has 1 aliphatic carbocycles. The lowest BCUT2D eigenvalue weighted by molar-refractivity contribution is 0.0521. The van der Waals surface area contributed by atoms with Gasteiger partial charge in [-0.2, -0.15) is 0 Å². The fraction of sp³-hybridized carbons (Fsp3) is 0.692. The van der Waals surface area contributed by atoms with Gasteiger partial charge in [0.15, 0.2) is 5.69 Å². The Kier molecular flexibility index (Phi) is 4.42. The zero-order valence-electron chi connectivity index (χ0n) is 11.5. The van der Waals surface area contributed by atoms with E-state index in [1.807, 2.05) is 6.92 Å². The lowest BCUT2D eigenvalue weighted by atomic mass is 10.4.